The monoisotopic (exact) mass is 306 g/mol. The van der Waals surface area contributed by atoms with E-state index in [0.29, 0.717) is 12.6 Å². The Hall–Kier alpha value is -0.280. The molecule has 0 spiro atoms. The van der Waals surface area contributed by atoms with Crippen LogP contribution in [0.25, 0.3) is 0 Å². The molecule has 0 fully saturated rings. The van der Waals surface area contributed by atoms with Gasteiger partial charge in [-0.2, -0.15) is 0 Å². The molecule has 0 aromatic carbocycles. The van der Waals surface area contributed by atoms with Gasteiger partial charge >= 0.3 is 0 Å². The zero-order valence-electron chi connectivity index (χ0n) is 14.3. The first-order chi connectivity index (χ1) is 8.96. The molecule has 0 rings (SSSR count). The lowest BCUT2D eigenvalue weighted by Crippen LogP contribution is -2.44. The van der Waals surface area contributed by atoms with Gasteiger partial charge in [-0.1, -0.05) is 40.5 Å². The van der Waals surface area contributed by atoms with Crippen molar-refractivity contribution in [2.45, 2.75) is 66.8 Å². The minimum Gasteiger partial charge on any atom is -0.339 e. The van der Waals surface area contributed by atoms with Gasteiger partial charge in [0.15, 0.2) is 0 Å². The molecule has 4 heteroatoms. The van der Waals surface area contributed by atoms with E-state index >= 15 is 0 Å². The Labute approximate surface area is 132 Å². The predicted octanol–water partition coefficient (Wildman–Crippen LogP) is 3.81. The Balaban J connectivity index is 0. The SMILES string of the molecule is CCN(CC)CC(=O)N(CC)C(C)CCCC(C)C.Cl. The summed E-state index contributed by atoms with van der Waals surface area (Å²) >= 11 is 0. The Kier molecular flexibility index (Phi) is 13.7. The van der Waals surface area contributed by atoms with Crippen LogP contribution in [-0.2, 0) is 4.79 Å². The van der Waals surface area contributed by atoms with Crippen LogP contribution in [0, 0.1) is 5.92 Å². The van der Waals surface area contributed by atoms with Crippen LogP contribution in [0.3, 0.4) is 0 Å². The van der Waals surface area contributed by atoms with Gasteiger partial charge in [-0.3, -0.25) is 9.69 Å². The van der Waals surface area contributed by atoms with Crippen LogP contribution < -0.4 is 0 Å². The highest BCUT2D eigenvalue weighted by molar-refractivity contribution is 5.85. The fourth-order valence-electron chi connectivity index (χ4n) is 2.44. The van der Waals surface area contributed by atoms with Gasteiger partial charge in [-0.15, -0.1) is 12.4 Å². The normalized spacial score (nSPS) is 12.4. The molecule has 0 radical (unpaired) electrons. The molecule has 20 heavy (non-hydrogen) atoms. The fourth-order valence-corrected chi connectivity index (χ4v) is 2.44. The van der Waals surface area contributed by atoms with Crippen molar-refractivity contribution in [3.05, 3.63) is 0 Å². The quantitative estimate of drug-likeness (QED) is 0.612. The van der Waals surface area contributed by atoms with Crippen molar-refractivity contribution in [3.63, 3.8) is 0 Å². The number of likely N-dealkylation sites (N-methyl/N-ethyl adjacent to an activating group) is 2. The molecule has 0 heterocycles. The summed E-state index contributed by atoms with van der Waals surface area (Å²) in [7, 11) is 0. The van der Waals surface area contributed by atoms with Gasteiger partial charge in [0.25, 0.3) is 0 Å². The Morgan fingerprint density at radius 2 is 1.50 bits per heavy atom. The van der Waals surface area contributed by atoms with Gasteiger partial charge in [0.05, 0.1) is 6.54 Å². The third-order valence-electron chi connectivity index (χ3n) is 3.85. The fraction of sp³-hybridized carbons (Fsp3) is 0.938. The average molecular weight is 307 g/mol. The van der Waals surface area contributed by atoms with Crippen LogP contribution in [0.2, 0.25) is 0 Å². The molecule has 0 aliphatic heterocycles. The summed E-state index contributed by atoms with van der Waals surface area (Å²) in [5.41, 5.74) is 0. The van der Waals surface area contributed by atoms with Gasteiger partial charge in [-0.25, -0.2) is 0 Å². The molecule has 1 atom stereocenters. The molecule has 0 saturated heterocycles. The van der Waals surface area contributed by atoms with E-state index in [9.17, 15) is 4.79 Å². The number of nitrogens with zero attached hydrogens (tertiary/aromatic N) is 2. The first-order valence-corrected chi connectivity index (χ1v) is 7.97. The van der Waals surface area contributed by atoms with Crippen molar-refractivity contribution in [2.24, 2.45) is 5.92 Å². The van der Waals surface area contributed by atoms with Crippen molar-refractivity contribution < 1.29 is 4.79 Å². The van der Waals surface area contributed by atoms with Crippen molar-refractivity contribution in [3.8, 4) is 0 Å². The average Bonchev–Trinajstić information content (AvgIpc) is 2.36. The number of amides is 1. The maximum atomic E-state index is 12.3. The van der Waals surface area contributed by atoms with Gasteiger partial charge in [0.2, 0.25) is 5.91 Å². The van der Waals surface area contributed by atoms with Gasteiger partial charge in [0.1, 0.15) is 0 Å². The molecule has 3 nitrogen and oxygen atoms in total. The van der Waals surface area contributed by atoms with Crippen LogP contribution in [0.4, 0.5) is 0 Å². The van der Waals surface area contributed by atoms with Crippen molar-refractivity contribution in [2.75, 3.05) is 26.2 Å². The van der Waals surface area contributed by atoms with E-state index in [4.69, 9.17) is 0 Å². The number of hydrogen-bond donors (Lipinski definition) is 0. The lowest BCUT2D eigenvalue weighted by molar-refractivity contribution is -0.134. The standard InChI is InChI=1S/C16H34N2O.ClH/c1-7-17(8-2)13-16(19)18(9-3)15(6)12-10-11-14(4)5;/h14-15H,7-13H2,1-6H3;1H. The van der Waals surface area contributed by atoms with Crippen LogP contribution in [0.1, 0.15) is 60.8 Å². The van der Waals surface area contributed by atoms with E-state index in [1.807, 2.05) is 4.90 Å². The summed E-state index contributed by atoms with van der Waals surface area (Å²) in [5.74, 6) is 1.04. The second-order valence-electron chi connectivity index (χ2n) is 5.81. The van der Waals surface area contributed by atoms with E-state index in [1.54, 1.807) is 0 Å². The molecular weight excluding hydrogens is 272 g/mol. The third kappa shape index (κ3) is 8.80. The van der Waals surface area contributed by atoms with Crippen LogP contribution in [-0.4, -0.2) is 47.9 Å². The van der Waals surface area contributed by atoms with E-state index in [1.165, 1.54) is 12.8 Å². The van der Waals surface area contributed by atoms with Crippen molar-refractivity contribution >= 4 is 18.3 Å². The highest BCUT2D eigenvalue weighted by atomic mass is 35.5. The lowest BCUT2D eigenvalue weighted by Gasteiger charge is -2.30. The zero-order chi connectivity index (χ0) is 14.8. The number of carbonyl (C=O) groups is 1. The second kappa shape index (κ2) is 12.5. The molecule has 0 N–H and O–H groups in total. The summed E-state index contributed by atoms with van der Waals surface area (Å²) in [4.78, 5) is 16.6. The first kappa shape index (κ1) is 22.0. The predicted molar refractivity (Wildman–Crippen MR) is 90.6 cm³/mol. The molecule has 0 bridgehead atoms. The lowest BCUT2D eigenvalue weighted by atomic mass is 10.0. The van der Waals surface area contributed by atoms with E-state index in [0.717, 1.165) is 32.0 Å². The molecule has 0 aromatic rings. The van der Waals surface area contributed by atoms with Gasteiger partial charge in [-0.05, 0) is 39.3 Å². The summed E-state index contributed by atoms with van der Waals surface area (Å²) in [5, 5.41) is 0. The summed E-state index contributed by atoms with van der Waals surface area (Å²) in [6, 6.07) is 0.367. The minimum absolute atomic E-state index is 0. The van der Waals surface area contributed by atoms with Crippen LogP contribution in [0.15, 0.2) is 0 Å². The molecular formula is C16H35ClN2O. The third-order valence-corrected chi connectivity index (χ3v) is 3.85. The molecule has 1 unspecified atom stereocenters. The molecule has 1 amide bonds. The zero-order valence-corrected chi connectivity index (χ0v) is 15.1. The van der Waals surface area contributed by atoms with E-state index in [2.05, 4.69) is 46.4 Å². The van der Waals surface area contributed by atoms with E-state index in [-0.39, 0.29) is 18.3 Å². The van der Waals surface area contributed by atoms with E-state index < -0.39 is 0 Å². The molecule has 0 aliphatic carbocycles. The molecule has 0 aromatic heterocycles. The Morgan fingerprint density at radius 3 is 1.90 bits per heavy atom. The van der Waals surface area contributed by atoms with Crippen molar-refractivity contribution in [1.29, 1.82) is 0 Å². The van der Waals surface area contributed by atoms with Crippen LogP contribution >= 0.6 is 12.4 Å². The molecule has 0 aliphatic rings. The smallest absolute Gasteiger partial charge is 0.236 e. The topological polar surface area (TPSA) is 23.6 Å². The van der Waals surface area contributed by atoms with Gasteiger partial charge in [0, 0.05) is 12.6 Å². The summed E-state index contributed by atoms with van der Waals surface area (Å²) < 4.78 is 0. The second-order valence-corrected chi connectivity index (χ2v) is 5.81. The van der Waals surface area contributed by atoms with Gasteiger partial charge < -0.3 is 4.90 Å². The maximum absolute atomic E-state index is 12.3. The highest BCUT2D eigenvalue weighted by Crippen LogP contribution is 2.13. The summed E-state index contributed by atoms with van der Waals surface area (Å²) in [6.07, 6.45) is 3.59. The summed E-state index contributed by atoms with van der Waals surface area (Å²) in [6.45, 7) is 16.3. The Morgan fingerprint density at radius 1 is 0.950 bits per heavy atom. The number of rotatable bonds is 10. The molecule has 0 saturated carbocycles. The van der Waals surface area contributed by atoms with Crippen LogP contribution in [0.5, 0.6) is 0 Å². The number of halogens is 1. The number of hydrogen-bond acceptors (Lipinski definition) is 2. The largest absolute Gasteiger partial charge is 0.339 e. The maximum Gasteiger partial charge on any atom is 0.236 e. The first-order valence-electron chi connectivity index (χ1n) is 7.97. The number of carbonyl (C=O) groups excluding carboxylic acids is 1. The van der Waals surface area contributed by atoms with Crippen molar-refractivity contribution in [1.82, 2.24) is 9.80 Å². The Bertz CT molecular complexity index is 243. The molecule has 122 valence electrons. The highest BCUT2D eigenvalue weighted by Gasteiger charge is 2.19. The minimum atomic E-state index is 0.